The van der Waals surface area contributed by atoms with E-state index in [4.69, 9.17) is 4.74 Å². The minimum atomic E-state index is -0.592. The van der Waals surface area contributed by atoms with Gasteiger partial charge in [0.15, 0.2) is 0 Å². The molecule has 0 N–H and O–H groups in total. The average molecular weight is 726 g/mol. The highest BCUT2D eigenvalue weighted by atomic mass is 16.5. The summed E-state index contributed by atoms with van der Waals surface area (Å²) in [6.45, 7) is 0. The van der Waals surface area contributed by atoms with E-state index < -0.39 is 5.41 Å². The highest BCUT2D eigenvalue weighted by Crippen LogP contribution is 2.62. The van der Waals surface area contributed by atoms with Crippen LogP contribution in [0.25, 0.3) is 54.6 Å². The largest absolute Gasteiger partial charge is 0.457 e. The summed E-state index contributed by atoms with van der Waals surface area (Å²) >= 11 is 0. The Morgan fingerprint density at radius 1 is 0.351 bits per heavy atom. The van der Waals surface area contributed by atoms with Gasteiger partial charge in [0, 0.05) is 27.6 Å². The topological polar surface area (TPSA) is 12.5 Å². The fourth-order valence-corrected chi connectivity index (χ4v) is 9.97. The molecule has 0 fully saturated rings. The van der Waals surface area contributed by atoms with Gasteiger partial charge in [0.2, 0.25) is 0 Å². The van der Waals surface area contributed by atoms with Crippen molar-refractivity contribution < 1.29 is 4.74 Å². The van der Waals surface area contributed by atoms with Crippen LogP contribution in [0.1, 0.15) is 22.3 Å². The SMILES string of the molecule is c1ccc(-c2cccc3c(N(c4ccc5ccccc5c4)c4ccc5c6c(cccc46)C4(c6ccccc6Oc6ccccc64)c4ccccc4-5)cccc23)cc1. The molecule has 0 unspecified atom stereocenters. The van der Waals surface area contributed by atoms with E-state index in [1.54, 1.807) is 0 Å². The molecule has 0 radical (unpaired) electrons. The van der Waals surface area contributed by atoms with Gasteiger partial charge in [-0.2, -0.15) is 0 Å². The van der Waals surface area contributed by atoms with Crippen LogP contribution in [0.5, 0.6) is 11.5 Å². The quantitative estimate of drug-likeness (QED) is 0.179. The van der Waals surface area contributed by atoms with Crippen molar-refractivity contribution in [2.24, 2.45) is 0 Å². The van der Waals surface area contributed by atoms with Crippen LogP contribution in [0.3, 0.4) is 0 Å². The van der Waals surface area contributed by atoms with E-state index in [-0.39, 0.29) is 0 Å². The van der Waals surface area contributed by atoms with Crippen molar-refractivity contribution in [3.8, 4) is 33.8 Å². The Morgan fingerprint density at radius 3 is 1.77 bits per heavy atom. The molecule has 0 aromatic heterocycles. The maximum Gasteiger partial charge on any atom is 0.132 e. The predicted octanol–water partition coefficient (Wildman–Crippen LogP) is 14.8. The third kappa shape index (κ3) is 4.53. The zero-order valence-electron chi connectivity index (χ0n) is 31.1. The van der Waals surface area contributed by atoms with Crippen molar-refractivity contribution in [3.63, 3.8) is 0 Å². The number of benzene rings is 10. The third-order valence-electron chi connectivity index (χ3n) is 12.3. The molecule has 0 amide bonds. The van der Waals surface area contributed by atoms with E-state index in [0.29, 0.717) is 0 Å². The number of rotatable bonds is 4. The lowest BCUT2D eigenvalue weighted by molar-refractivity contribution is 0.435. The van der Waals surface area contributed by atoms with Gasteiger partial charge in [0.1, 0.15) is 11.5 Å². The molecule has 1 heterocycles. The fraction of sp³-hybridized carbons (Fsp3) is 0.0182. The lowest BCUT2D eigenvalue weighted by Crippen LogP contribution is -2.36. The average Bonchev–Trinajstić information content (AvgIpc) is 3.28. The Labute approximate surface area is 331 Å². The van der Waals surface area contributed by atoms with Crippen LogP contribution in [-0.4, -0.2) is 0 Å². The predicted molar refractivity (Wildman–Crippen MR) is 236 cm³/mol. The number of para-hydroxylation sites is 2. The molecule has 2 nitrogen and oxygen atoms in total. The molecule has 1 spiro atoms. The number of hydrogen-bond donors (Lipinski definition) is 0. The van der Waals surface area contributed by atoms with Gasteiger partial charge < -0.3 is 9.64 Å². The fourth-order valence-electron chi connectivity index (χ4n) is 9.97. The molecular weight excluding hydrogens is 691 g/mol. The molecule has 0 saturated carbocycles. The van der Waals surface area contributed by atoms with Gasteiger partial charge in [-0.3, -0.25) is 0 Å². The standard InChI is InChI=1S/C55H35NO/c1-2-16-37(17-3-1)40-20-12-22-43-41(40)21-14-28-50(43)56(39-32-31-36-15-4-5-18-38(36)35-39)51-34-33-44-42-19-6-7-24-46(42)55(49-27-13-23-45(51)54(44)49)47-25-8-10-29-52(47)57-53-30-11-9-26-48(53)55/h1-35H. The van der Waals surface area contributed by atoms with Crippen LogP contribution in [0.4, 0.5) is 17.1 Å². The number of nitrogens with zero attached hydrogens (tertiary/aromatic N) is 1. The van der Waals surface area contributed by atoms with Crippen molar-refractivity contribution in [2.45, 2.75) is 5.41 Å². The van der Waals surface area contributed by atoms with Gasteiger partial charge in [0.25, 0.3) is 0 Å². The molecular formula is C55H35NO. The molecule has 2 aliphatic rings. The Balaban J connectivity index is 1.20. The monoisotopic (exact) mass is 725 g/mol. The van der Waals surface area contributed by atoms with Crippen LogP contribution in [-0.2, 0) is 5.41 Å². The number of hydrogen-bond acceptors (Lipinski definition) is 2. The maximum absolute atomic E-state index is 6.69. The first-order valence-electron chi connectivity index (χ1n) is 19.7. The zero-order chi connectivity index (χ0) is 37.5. The van der Waals surface area contributed by atoms with Gasteiger partial charge in [-0.15, -0.1) is 0 Å². The van der Waals surface area contributed by atoms with E-state index in [9.17, 15) is 0 Å². The van der Waals surface area contributed by atoms with E-state index in [2.05, 4.69) is 217 Å². The van der Waals surface area contributed by atoms with Gasteiger partial charge in [-0.25, -0.2) is 0 Å². The first-order chi connectivity index (χ1) is 28.3. The van der Waals surface area contributed by atoms with Crippen molar-refractivity contribution in [3.05, 3.63) is 235 Å². The molecule has 12 rings (SSSR count). The minimum Gasteiger partial charge on any atom is -0.457 e. The molecule has 0 saturated heterocycles. The Hall–Kier alpha value is -7.42. The highest BCUT2D eigenvalue weighted by Gasteiger charge is 2.49. The maximum atomic E-state index is 6.69. The molecule has 0 bridgehead atoms. The normalized spacial score (nSPS) is 13.2. The lowest BCUT2D eigenvalue weighted by atomic mass is 9.58. The number of anilines is 3. The molecule has 1 aliphatic heterocycles. The summed E-state index contributed by atoms with van der Waals surface area (Å²) in [5.74, 6) is 1.79. The third-order valence-corrected chi connectivity index (χ3v) is 12.3. The summed E-state index contributed by atoms with van der Waals surface area (Å²) in [5, 5.41) is 7.30. The van der Waals surface area contributed by atoms with Crippen LogP contribution in [0.2, 0.25) is 0 Å². The Kier molecular flexibility index (Phi) is 6.88. The lowest BCUT2D eigenvalue weighted by Gasteiger charge is -2.45. The van der Waals surface area contributed by atoms with Gasteiger partial charge in [0.05, 0.1) is 16.8 Å². The van der Waals surface area contributed by atoms with E-state index in [0.717, 1.165) is 39.7 Å². The second-order valence-electron chi connectivity index (χ2n) is 15.2. The van der Waals surface area contributed by atoms with Crippen molar-refractivity contribution in [2.75, 3.05) is 4.90 Å². The summed E-state index contributed by atoms with van der Waals surface area (Å²) in [6, 6.07) is 77.6. The van der Waals surface area contributed by atoms with E-state index in [1.165, 1.54) is 65.7 Å². The van der Waals surface area contributed by atoms with Crippen LogP contribution in [0.15, 0.2) is 212 Å². The summed E-state index contributed by atoms with van der Waals surface area (Å²) in [4.78, 5) is 2.49. The number of fused-ring (bicyclic) bond motifs is 10. The van der Waals surface area contributed by atoms with Crippen LogP contribution < -0.4 is 9.64 Å². The van der Waals surface area contributed by atoms with Gasteiger partial charge in [-0.1, -0.05) is 176 Å². The molecule has 1 aliphatic carbocycles. The number of ether oxygens (including phenoxy) is 1. The van der Waals surface area contributed by atoms with Gasteiger partial charge in [-0.05, 0) is 91.3 Å². The van der Waals surface area contributed by atoms with Crippen LogP contribution in [0, 0.1) is 0 Å². The van der Waals surface area contributed by atoms with Gasteiger partial charge >= 0.3 is 0 Å². The second kappa shape index (κ2) is 12.3. The van der Waals surface area contributed by atoms with Crippen molar-refractivity contribution in [1.29, 1.82) is 0 Å². The second-order valence-corrected chi connectivity index (χ2v) is 15.2. The minimum absolute atomic E-state index is 0.592. The molecule has 0 atom stereocenters. The summed E-state index contributed by atoms with van der Waals surface area (Å²) in [5.41, 5.74) is 12.6. The van der Waals surface area contributed by atoms with Crippen molar-refractivity contribution >= 4 is 49.4 Å². The molecule has 10 aromatic carbocycles. The molecule has 2 heteroatoms. The summed E-state index contributed by atoms with van der Waals surface area (Å²) in [7, 11) is 0. The molecule has 57 heavy (non-hydrogen) atoms. The van der Waals surface area contributed by atoms with E-state index in [1.807, 2.05) is 0 Å². The van der Waals surface area contributed by atoms with Crippen molar-refractivity contribution in [1.82, 2.24) is 0 Å². The molecule has 266 valence electrons. The summed E-state index contributed by atoms with van der Waals surface area (Å²) in [6.07, 6.45) is 0. The van der Waals surface area contributed by atoms with E-state index >= 15 is 0 Å². The Bertz CT molecular complexity index is 3190. The molecule has 10 aromatic rings. The summed E-state index contributed by atoms with van der Waals surface area (Å²) < 4.78 is 6.69. The first kappa shape index (κ1) is 31.9. The highest BCUT2D eigenvalue weighted by molar-refractivity contribution is 6.14. The Morgan fingerprint density at radius 2 is 0.947 bits per heavy atom. The smallest absolute Gasteiger partial charge is 0.132 e. The first-order valence-corrected chi connectivity index (χ1v) is 19.7. The zero-order valence-corrected chi connectivity index (χ0v) is 31.1. The van der Waals surface area contributed by atoms with Crippen LogP contribution >= 0.6 is 0 Å².